The van der Waals surface area contributed by atoms with Crippen LogP contribution in [0.4, 0.5) is 5.82 Å². The largest absolute Gasteiger partial charge is 0.491 e. The van der Waals surface area contributed by atoms with Gasteiger partial charge in [-0.3, -0.25) is 0 Å². The van der Waals surface area contributed by atoms with Gasteiger partial charge in [0.1, 0.15) is 29.5 Å². The van der Waals surface area contributed by atoms with E-state index < -0.39 is 0 Å². The average Bonchev–Trinajstić information content (AvgIpc) is 2.55. The fraction of sp³-hybridized carbons (Fsp3) is 0.444. The van der Waals surface area contributed by atoms with Gasteiger partial charge in [0.2, 0.25) is 0 Å². The van der Waals surface area contributed by atoms with Crippen molar-refractivity contribution in [1.29, 1.82) is 0 Å². The summed E-state index contributed by atoms with van der Waals surface area (Å²) in [5.74, 6) is 2.14. The van der Waals surface area contributed by atoms with Crippen molar-refractivity contribution in [2.45, 2.75) is 40.0 Å². The summed E-state index contributed by atoms with van der Waals surface area (Å²) in [6.07, 6.45) is 2.64. The van der Waals surface area contributed by atoms with Gasteiger partial charge in [-0.1, -0.05) is 37.6 Å². The molecule has 23 heavy (non-hydrogen) atoms. The number of hydrogen-bond acceptors (Lipinski definition) is 4. The summed E-state index contributed by atoms with van der Waals surface area (Å²) in [6.45, 7) is 9.56. The number of benzene rings is 1. The van der Waals surface area contributed by atoms with Crippen LogP contribution in [0.1, 0.15) is 43.0 Å². The predicted octanol–water partition coefficient (Wildman–Crippen LogP) is 4.75. The lowest BCUT2D eigenvalue weighted by Gasteiger charge is -2.14. The maximum atomic E-state index is 6.15. The summed E-state index contributed by atoms with van der Waals surface area (Å²) < 4.78 is 5.85. The molecule has 5 heteroatoms. The molecular formula is C18H24ClN3O. The molecule has 2 aromatic rings. The van der Waals surface area contributed by atoms with Crippen LogP contribution >= 0.6 is 11.6 Å². The molecule has 124 valence electrons. The lowest BCUT2D eigenvalue weighted by atomic mass is 9.97. The third-order valence-electron chi connectivity index (χ3n) is 4.00. The van der Waals surface area contributed by atoms with E-state index in [9.17, 15) is 0 Å². The van der Waals surface area contributed by atoms with Crippen molar-refractivity contribution >= 4 is 17.4 Å². The molecule has 1 aromatic carbocycles. The Morgan fingerprint density at radius 3 is 2.74 bits per heavy atom. The number of aryl methyl sites for hydroxylation is 2. The molecule has 4 nitrogen and oxygen atoms in total. The Balaban J connectivity index is 1.88. The molecule has 0 saturated carbocycles. The van der Waals surface area contributed by atoms with Crippen molar-refractivity contribution in [3.8, 4) is 5.75 Å². The smallest absolute Gasteiger partial charge is 0.148 e. The average molecular weight is 334 g/mol. The van der Waals surface area contributed by atoms with Crippen LogP contribution in [0.2, 0.25) is 5.02 Å². The van der Waals surface area contributed by atoms with E-state index in [0.717, 1.165) is 17.9 Å². The number of rotatable bonds is 7. The van der Waals surface area contributed by atoms with Gasteiger partial charge in [0.15, 0.2) is 0 Å². The maximum Gasteiger partial charge on any atom is 0.148 e. The van der Waals surface area contributed by atoms with Crippen molar-refractivity contribution in [3.63, 3.8) is 0 Å². The molecule has 0 fully saturated rings. The van der Waals surface area contributed by atoms with Crippen LogP contribution in [-0.2, 0) is 0 Å². The first-order valence-corrected chi connectivity index (χ1v) is 8.35. The molecule has 0 saturated heterocycles. The molecule has 1 atom stereocenters. The minimum atomic E-state index is 0.545. The van der Waals surface area contributed by atoms with E-state index in [4.69, 9.17) is 16.3 Å². The second-order valence-electron chi connectivity index (χ2n) is 5.73. The fourth-order valence-corrected chi connectivity index (χ4v) is 2.45. The fourth-order valence-electron chi connectivity index (χ4n) is 2.29. The van der Waals surface area contributed by atoms with Crippen LogP contribution < -0.4 is 10.1 Å². The standard InChI is InChI=1S/C18H24ClN3O/c1-5-12(2)15-6-7-16(13(3)10-15)23-9-8-20-18-17(19)14(4)21-11-22-18/h6-7,10-12H,5,8-9H2,1-4H3,(H,20,21,22). The Morgan fingerprint density at radius 2 is 2.04 bits per heavy atom. The zero-order valence-electron chi connectivity index (χ0n) is 14.2. The van der Waals surface area contributed by atoms with Gasteiger partial charge >= 0.3 is 0 Å². The third kappa shape index (κ3) is 4.58. The van der Waals surface area contributed by atoms with Crippen LogP contribution in [-0.4, -0.2) is 23.1 Å². The topological polar surface area (TPSA) is 47.0 Å². The Hall–Kier alpha value is -1.81. The monoisotopic (exact) mass is 333 g/mol. The number of nitrogens with one attached hydrogen (secondary N) is 1. The van der Waals surface area contributed by atoms with E-state index >= 15 is 0 Å². The number of hydrogen-bond donors (Lipinski definition) is 1. The molecule has 0 aliphatic carbocycles. The van der Waals surface area contributed by atoms with Crippen molar-refractivity contribution in [3.05, 3.63) is 46.4 Å². The molecule has 1 N–H and O–H groups in total. The van der Waals surface area contributed by atoms with Gasteiger partial charge in [0.25, 0.3) is 0 Å². The normalized spacial score (nSPS) is 12.0. The van der Waals surface area contributed by atoms with Crippen molar-refractivity contribution < 1.29 is 4.74 Å². The highest BCUT2D eigenvalue weighted by atomic mass is 35.5. The van der Waals surface area contributed by atoms with E-state index in [1.165, 1.54) is 17.5 Å². The molecule has 0 spiro atoms. The van der Waals surface area contributed by atoms with Crippen LogP contribution in [0.25, 0.3) is 0 Å². The molecule has 0 aliphatic rings. The first kappa shape index (κ1) is 17.5. The number of halogens is 1. The Morgan fingerprint density at radius 1 is 1.26 bits per heavy atom. The van der Waals surface area contributed by atoms with E-state index in [2.05, 4.69) is 54.3 Å². The summed E-state index contributed by atoms with van der Waals surface area (Å²) in [6, 6.07) is 6.41. The van der Waals surface area contributed by atoms with E-state index in [1.807, 2.05) is 6.92 Å². The number of nitrogens with zero attached hydrogens (tertiary/aromatic N) is 2. The van der Waals surface area contributed by atoms with Gasteiger partial charge in [0, 0.05) is 0 Å². The quantitative estimate of drug-likeness (QED) is 0.743. The number of anilines is 1. The van der Waals surface area contributed by atoms with E-state index in [0.29, 0.717) is 29.9 Å². The van der Waals surface area contributed by atoms with Crippen LogP contribution in [0.3, 0.4) is 0 Å². The van der Waals surface area contributed by atoms with Crippen LogP contribution in [0.5, 0.6) is 5.75 Å². The van der Waals surface area contributed by atoms with Crippen LogP contribution in [0, 0.1) is 13.8 Å². The molecule has 0 amide bonds. The zero-order valence-corrected chi connectivity index (χ0v) is 14.9. The molecule has 0 radical (unpaired) electrons. The highest BCUT2D eigenvalue weighted by Gasteiger charge is 2.07. The minimum absolute atomic E-state index is 0.545. The highest BCUT2D eigenvalue weighted by molar-refractivity contribution is 6.33. The molecule has 2 rings (SSSR count). The van der Waals surface area contributed by atoms with Gasteiger partial charge in [-0.25, -0.2) is 9.97 Å². The minimum Gasteiger partial charge on any atom is -0.491 e. The van der Waals surface area contributed by atoms with E-state index in [1.54, 1.807) is 0 Å². The molecule has 1 aromatic heterocycles. The number of aromatic nitrogens is 2. The predicted molar refractivity (Wildman–Crippen MR) is 95.6 cm³/mol. The van der Waals surface area contributed by atoms with Crippen molar-refractivity contribution in [1.82, 2.24) is 9.97 Å². The lowest BCUT2D eigenvalue weighted by Crippen LogP contribution is -2.13. The Kier molecular flexibility index (Phi) is 6.22. The second-order valence-corrected chi connectivity index (χ2v) is 6.11. The molecule has 1 heterocycles. The van der Waals surface area contributed by atoms with Crippen molar-refractivity contribution in [2.75, 3.05) is 18.5 Å². The molecular weight excluding hydrogens is 310 g/mol. The Bertz CT molecular complexity index is 661. The lowest BCUT2D eigenvalue weighted by molar-refractivity contribution is 0.330. The van der Waals surface area contributed by atoms with Crippen LogP contribution in [0.15, 0.2) is 24.5 Å². The first-order valence-electron chi connectivity index (χ1n) is 7.97. The maximum absolute atomic E-state index is 6.15. The molecule has 1 unspecified atom stereocenters. The molecule has 0 aliphatic heterocycles. The summed E-state index contributed by atoms with van der Waals surface area (Å²) in [5.41, 5.74) is 3.29. The first-order chi connectivity index (χ1) is 11.0. The second kappa shape index (κ2) is 8.16. The van der Waals surface area contributed by atoms with Gasteiger partial charge in [-0.2, -0.15) is 0 Å². The van der Waals surface area contributed by atoms with Gasteiger partial charge < -0.3 is 10.1 Å². The summed E-state index contributed by atoms with van der Waals surface area (Å²) in [7, 11) is 0. The summed E-state index contributed by atoms with van der Waals surface area (Å²) in [4.78, 5) is 8.17. The summed E-state index contributed by atoms with van der Waals surface area (Å²) in [5, 5.41) is 3.73. The summed E-state index contributed by atoms with van der Waals surface area (Å²) >= 11 is 6.15. The van der Waals surface area contributed by atoms with Gasteiger partial charge in [-0.15, -0.1) is 0 Å². The zero-order chi connectivity index (χ0) is 16.8. The SMILES string of the molecule is CCC(C)c1ccc(OCCNc2ncnc(C)c2Cl)c(C)c1. The van der Waals surface area contributed by atoms with Gasteiger partial charge in [-0.05, 0) is 43.4 Å². The third-order valence-corrected chi connectivity index (χ3v) is 4.45. The highest BCUT2D eigenvalue weighted by Crippen LogP contribution is 2.25. The van der Waals surface area contributed by atoms with Crippen molar-refractivity contribution in [2.24, 2.45) is 0 Å². The number of ether oxygens (including phenoxy) is 1. The Labute approximate surface area is 143 Å². The van der Waals surface area contributed by atoms with E-state index in [-0.39, 0.29) is 0 Å². The van der Waals surface area contributed by atoms with Gasteiger partial charge in [0.05, 0.1) is 12.2 Å². The molecule has 0 bridgehead atoms.